The maximum Gasteiger partial charge on any atom is 0.352 e. The number of aliphatic carboxylic acids is 2. The van der Waals surface area contributed by atoms with Crippen LogP contribution in [-0.2, 0) is 35.2 Å². The lowest BCUT2D eigenvalue weighted by atomic mass is 10.0. The van der Waals surface area contributed by atoms with Gasteiger partial charge >= 0.3 is 11.9 Å². The number of rotatable bonds is 10. The smallest absolute Gasteiger partial charge is 0.352 e. The van der Waals surface area contributed by atoms with Gasteiger partial charge in [-0.1, -0.05) is 17.8 Å². The fourth-order valence-electron chi connectivity index (χ4n) is 3.54. The highest BCUT2D eigenvalue weighted by Crippen LogP contribution is 2.41. The predicted octanol–water partition coefficient (Wildman–Crippen LogP) is -0.721. The minimum atomic E-state index is -4.42. The summed E-state index contributed by atoms with van der Waals surface area (Å²) in [4.78, 5) is 50.5. The number of aromatic nitrogens is 4. The van der Waals surface area contributed by atoms with Crippen molar-refractivity contribution < 1.29 is 42.4 Å². The molecule has 4 heterocycles. The van der Waals surface area contributed by atoms with Crippen LogP contribution in [0.1, 0.15) is 10.8 Å². The molecule has 19 heteroatoms. The Hall–Kier alpha value is -3.00. The molecule has 1 fully saturated rings. The summed E-state index contributed by atoms with van der Waals surface area (Å²) in [5.74, 6) is -6.58. The van der Waals surface area contributed by atoms with Crippen LogP contribution in [0.5, 0.6) is 0 Å². The van der Waals surface area contributed by atoms with Crippen molar-refractivity contribution in [1.29, 1.82) is 0 Å². The van der Waals surface area contributed by atoms with E-state index in [0.717, 1.165) is 32.7 Å². The Morgan fingerprint density at radius 1 is 1.31 bits per heavy atom. The van der Waals surface area contributed by atoms with Gasteiger partial charge in [0.1, 0.15) is 17.1 Å². The van der Waals surface area contributed by atoms with Gasteiger partial charge in [0.25, 0.3) is 16.0 Å². The number of nitrogens with one attached hydrogen (secondary N) is 1. The van der Waals surface area contributed by atoms with Crippen molar-refractivity contribution in [3.8, 4) is 0 Å². The number of thioether (sulfide) groups is 2. The first-order chi connectivity index (χ1) is 17.0. The van der Waals surface area contributed by atoms with Crippen LogP contribution in [-0.4, -0.2) is 95.0 Å². The summed E-state index contributed by atoms with van der Waals surface area (Å²) < 4.78 is 32.0. The molecule has 15 nitrogen and oxygen atoms in total. The Bertz CT molecular complexity index is 1360. The third-order valence-corrected chi connectivity index (χ3v) is 8.94. The average Bonchev–Trinajstić information content (AvgIpc) is 3.46. The molecule has 2 unspecified atom stereocenters. The van der Waals surface area contributed by atoms with Crippen LogP contribution in [0.4, 0.5) is 0 Å². The van der Waals surface area contributed by atoms with Crippen LogP contribution >= 0.6 is 34.9 Å². The number of tetrazole rings is 1. The minimum Gasteiger partial charge on any atom is -0.480 e. The van der Waals surface area contributed by atoms with E-state index in [4.69, 9.17) is 4.55 Å². The number of thiophene rings is 1. The maximum absolute atomic E-state index is 12.8. The Morgan fingerprint density at radius 2 is 2.06 bits per heavy atom. The highest BCUT2D eigenvalue weighted by Gasteiger charge is 2.54. The standard InChI is InChI=1S/C17H16N6O9S4/c24-12(9(15(26)27)8-2-1-3-33-8)18-10-13(25)23-11(16(28)29)7(4-34-14(10)23)5-35-17-19-20-21-22(17)6-36(30,31)32/h1-3,9-10,14H,4-6H2,(H,18,24)(H,26,27)(H,28,29)(H,30,31,32)/t9?,10?,14-/m1/s1. The van der Waals surface area contributed by atoms with Crippen molar-refractivity contribution in [3.05, 3.63) is 33.7 Å². The first-order valence-electron chi connectivity index (χ1n) is 9.78. The van der Waals surface area contributed by atoms with E-state index in [0.29, 0.717) is 10.5 Å². The monoisotopic (exact) mass is 576 g/mol. The van der Waals surface area contributed by atoms with Crippen molar-refractivity contribution >= 4 is 68.7 Å². The Morgan fingerprint density at radius 3 is 2.67 bits per heavy atom. The van der Waals surface area contributed by atoms with E-state index in [1.54, 1.807) is 11.4 Å². The molecule has 2 aromatic heterocycles. The summed E-state index contributed by atoms with van der Waals surface area (Å²) >= 11 is 3.18. The van der Waals surface area contributed by atoms with E-state index >= 15 is 0 Å². The van der Waals surface area contributed by atoms with Crippen LogP contribution in [0.25, 0.3) is 0 Å². The molecule has 4 rings (SSSR count). The topological polar surface area (TPSA) is 222 Å². The fourth-order valence-corrected chi connectivity index (χ4v) is 7.28. The maximum atomic E-state index is 12.8. The molecular weight excluding hydrogens is 560 g/mol. The molecule has 36 heavy (non-hydrogen) atoms. The van der Waals surface area contributed by atoms with Gasteiger partial charge in [0, 0.05) is 16.4 Å². The second-order valence-electron chi connectivity index (χ2n) is 7.40. The molecule has 0 aliphatic carbocycles. The number of nitrogens with zero attached hydrogens (tertiary/aromatic N) is 5. The second kappa shape index (κ2) is 10.2. The number of carbonyl (C=O) groups is 4. The van der Waals surface area contributed by atoms with E-state index in [1.807, 2.05) is 0 Å². The van der Waals surface area contributed by atoms with Crippen molar-refractivity contribution in [1.82, 2.24) is 30.4 Å². The first kappa shape index (κ1) is 26.1. The van der Waals surface area contributed by atoms with Crippen LogP contribution in [0.3, 0.4) is 0 Å². The summed E-state index contributed by atoms with van der Waals surface area (Å²) in [7, 11) is -4.42. The Labute approximate surface area is 214 Å². The number of hydrogen-bond donors (Lipinski definition) is 4. The molecule has 2 aliphatic rings. The van der Waals surface area contributed by atoms with E-state index in [2.05, 4.69) is 20.8 Å². The van der Waals surface area contributed by atoms with Gasteiger partial charge in [-0.05, 0) is 27.4 Å². The fraction of sp³-hybridized carbons (Fsp3) is 0.353. The molecule has 0 aromatic carbocycles. The zero-order valence-corrected chi connectivity index (χ0v) is 21.0. The van der Waals surface area contributed by atoms with Crippen LogP contribution < -0.4 is 5.32 Å². The van der Waals surface area contributed by atoms with Crippen molar-refractivity contribution in [3.63, 3.8) is 0 Å². The number of fused-ring (bicyclic) bond motifs is 1. The zero-order chi connectivity index (χ0) is 26.2. The third kappa shape index (κ3) is 5.24. The summed E-state index contributed by atoms with van der Waals surface area (Å²) in [6.07, 6.45) is 0. The Kier molecular flexibility index (Phi) is 7.36. The van der Waals surface area contributed by atoms with Crippen molar-refractivity contribution in [2.24, 2.45) is 0 Å². The van der Waals surface area contributed by atoms with Gasteiger partial charge in [-0.25, -0.2) is 9.48 Å². The van der Waals surface area contributed by atoms with Gasteiger partial charge in [-0.15, -0.1) is 28.2 Å². The molecule has 2 aromatic rings. The number of amides is 2. The number of β-lactam (4-membered cyclic amide) rings is 1. The number of carboxylic acids is 2. The zero-order valence-electron chi connectivity index (χ0n) is 17.7. The van der Waals surface area contributed by atoms with Crippen molar-refractivity contribution in [2.45, 2.75) is 28.4 Å². The van der Waals surface area contributed by atoms with E-state index in [1.165, 1.54) is 17.8 Å². The summed E-state index contributed by atoms with van der Waals surface area (Å²) in [5, 5.41) is 33.0. The molecule has 2 amide bonds. The highest BCUT2D eigenvalue weighted by molar-refractivity contribution is 8.01. The van der Waals surface area contributed by atoms with Crippen LogP contribution in [0.15, 0.2) is 33.9 Å². The van der Waals surface area contributed by atoms with Gasteiger partial charge in [0.15, 0.2) is 11.8 Å². The third-order valence-electron chi connectivity index (χ3n) is 5.04. The lowest BCUT2D eigenvalue weighted by Crippen LogP contribution is -2.71. The number of carbonyl (C=O) groups excluding carboxylic acids is 2. The van der Waals surface area contributed by atoms with Gasteiger partial charge in [-0.2, -0.15) is 8.42 Å². The van der Waals surface area contributed by atoms with E-state index in [9.17, 15) is 37.8 Å². The minimum absolute atomic E-state index is 0.00496. The van der Waals surface area contributed by atoms with Gasteiger partial charge in [-0.3, -0.25) is 23.8 Å². The molecule has 1 saturated heterocycles. The van der Waals surface area contributed by atoms with Gasteiger partial charge in [0.2, 0.25) is 11.1 Å². The van der Waals surface area contributed by atoms with Crippen molar-refractivity contribution in [2.75, 3.05) is 11.5 Å². The van der Waals surface area contributed by atoms with E-state index in [-0.39, 0.29) is 22.4 Å². The quantitative estimate of drug-likeness (QED) is 0.119. The van der Waals surface area contributed by atoms with Crippen LogP contribution in [0.2, 0.25) is 0 Å². The molecule has 2 aliphatic heterocycles. The molecule has 3 atom stereocenters. The van der Waals surface area contributed by atoms with Gasteiger partial charge < -0.3 is 15.5 Å². The predicted molar refractivity (Wildman–Crippen MR) is 124 cm³/mol. The number of hydrogen-bond acceptors (Lipinski definition) is 12. The molecule has 0 radical (unpaired) electrons. The highest BCUT2D eigenvalue weighted by atomic mass is 32.2. The number of carboxylic acid groups (broad SMARTS) is 2. The second-order valence-corrected chi connectivity index (χ2v) is 11.8. The van der Waals surface area contributed by atoms with Crippen LogP contribution in [0, 0.1) is 0 Å². The summed E-state index contributed by atoms with van der Waals surface area (Å²) in [6, 6.07) is 1.99. The molecule has 4 N–H and O–H groups in total. The lowest BCUT2D eigenvalue weighted by Gasteiger charge is -2.49. The van der Waals surface area contributed by atoms with Gasteiger partial charge in [0.05, 0.1) is 0 Å². The molecule has 0 spiro atoms. The Balaban J connectivity index is 1.48. The summed E-state index contributed by atoms with van der Waals surface area (Å²) in [5.41, 5.74) is 0.0406. The normalized spacial score (nSPS) is 20.5. The largest absolute Gasteiger partial charge is 0.480 e. The SMILES string of the molecule is O=C(O)C1=C(CSc2nnnn2CS(=O)(=O)O)CS[C@@H]2C(NC(=O)C(C(=O)O)c3cccs3)C(=O)N12. The molecular formula is C17H16N6O9S4. The van der Waals surface area contributed by atoms with E-state index < -0.39 is 57.1 Å². The molecule has 192 valence electrons. The summed E-state index contributed by atoms with van der Waals surface area (Å²) in [6.45, 7) is 0. The lowest BCUT2D eigenvalue weighted by molar-refractivity contribution is -0.152. The molecule has 0 bridgehead atoms. The molecule has 0 saturated carbocycles. The first-order valence-corrected chi connectivity index (χ1v) is 14.3. The average molecular weight is 577 g/mol.